The van der Waals surface area contributed by atoms with Crippen molar-refractivity contribution < 1.29 is 27.4 Å². The number of amides is 1. The molecule has 8 nitrogen and oxygen atoms in total. The van der Waals surface area contributed by atoms with E-state index in [1.54, 1.807) is 18.3 Å². The predicted octanol–water partition coefficient (Wildman–Crippen LogP) is 6.34. The Morgan fingerprint density at radius 1 is 1.09 bits per heavy atom. The van der Waals surface area contributed by atoms with Gasteiger partial charge >= 0.3 is 6.18 Å². The first kappa shape index (κ1) is 32.1. The average Bonchev–Trinajstić information content (AvgIpc) is 3.60. The molecule has 0 radical (unpaired) electrons. The molecule has 0 saturated carbocycles. The second-order valence-corrected chi connectivity index (χ2v) is 12.4. The first-order valence-electron chi connectivity index (χ1n) is 16.4. The fraction of sp³-hybridized carbons (Fsp3) is 0.514. The minimum atomic E-state index is -4.57. The quantitative estimate of drug-likeness (QED) is 0.293. The topological polar surface area (TPSA) is 79.8 Å². The van der Waals surface area contributed by atoms with Crippen molar-refractivity contribution in [2.24, 2.45) is 5.92 Å². The number of nitrogens with zero attached hydrogens (tertiary/aromatic N) is 4. The van der Waals surface area contributed by atoms with Gasteiger partial charge < -0.3 is 24.6 Å². The van der Waals surface area contributed by atoms with Crippen molar-refractivity contribution in [2.45, 2.75) is 64.1 Å². The van der Waals surface area contributed by atoms with Gasteiger partial charge in [-0.05, 0) is 74.5 Å². The molecule has 1 spiro atoms. The Morgan fingerprint density at radius 2 is 1.93 bits per heavy atom. The number of aromatic nitrogens is 2. The van der Waals surface area contributed by atoms with Crippen LogP contribution in [0.25, 0.3) is 11.3 Å². The van der Waals surface area contributed by atoms with Crippen molar-refractivity contribution in [3.8, 4) is 22.9 Å². The van der Waals surface area contributed by atoms with Crippen molar-refractivity contribution in [3.63, 3.8) is 0 Å². The maximum absolute atomic E-state index is 14.6. The number of pyridine rings is 2. The van der Waals surface area contributed by atoms with Gasteiger partial charge in [-0.1, -0.05) is 32.4 Å². The van der Waals surface area contributed by atoms with Gasteiger partial charge in [-0.15, -0.1) is 0 Å². The molecule has 2 aromatic heterocycles. The highest BCUT2D eigenvalue weighted by Crippen LogP contribution is 2.50. The summed E-state index contributed by atoms with van der Waals surface area (Å²) in [5.41, 5.74) is 1.57. The Bertz CT molecular complexity index is 1560. The maximum Gasteiger partial charge on any atom is 0.421 e. The van der Waals surface area contributed by atoms with E-state index in [0.29, 0.717) is 68.5 Å². The van der Waals surface area contributed by atoms with Crippen LogP contribution >= 0.6 is 0 Å². The molecule has 2 fully saturated rings. The summed E-state index contributed by atoms with van der Waals surface area (Å²) in [5.74, 6) is 0.191. The molecule has 3 atom stereocenters. The van der Waals surface area contributed by atoms with Gasteiger partial charge in [0.15, 0.2) is 0 Å². The molecule has 3 aromatic rings. The number of halogens is 3. The first-order chi connectivity index (χ1) is 22.2. The van der Waals surface area contributed by atoms with Crippen LogP contribution in [0.3, 0.4) is 0 Å². The summed E-state index contributed by atoms with van der Waals surface area (Å²) < 4.78 is 55.0. The number of fused-ring (bicyclic) bond motifs is 2. The van der Waals surface area contributed by atoms with Crippen LogP contribution in [0.4, 0.5) is 18.9 Å². The lowest BCUT2D eigenvalue weighted by atomic mass is 9.62. The third kappa shape index (κ3) is 5.78. The molecule has 2 saturated heterocycles. The van der Waals surface area contributed by atoms with E-state index in [2.05, 4.69) is 17.2 Å². The minimum Gasteiger partial charge on any atom is -0.493 e. The van der Waals surface area contributed by atoms with Gasteiger partial charge in [-0.2, -0.15) is 13.2 Å². The smallest absolute Gasteiger partial charge is 0.421 e. The molecule has 0 aliphatic carbocycles. The van der Waals surface area contributed by atoms with E-state index >= 15 is 0 Å². The summed E-state index contributed by atoms with van der Waals surface area (Å²) >= 11 is 0. The van der Waals surface area contributed by atoms with Gasteiger partial charge in [0.05, 0.1) is 30.2 Å². The Labute approximate surface area is 268 Å². The molecule has 0 bridgehead atoms. The van der Waals surface area contributed by atoms with Gasteiger partial charge in [0.1, 0.15) is 17.0 Å². The van der Waals surface area contributed by atoms with Crippen LogP contribution in [-0.4, -0.2) is 72.8 Å². The number of hydrogen-bond donors (Lipinski definition) is 1. The molecule has 5 heterocycles. The average molecular weight is 638 g/mol. The summed E-state index contributed by atoms with van der Waals surface area (Å²) in [6.45, 7) is 9.38. The summed E-state index contributed by atoms with van der Waals surface area (Å²) in [4.78, 5) is 27.5. The van der Waals surface area contributed by atoms with Crippen LogP contribution < -0.4 is 19.7 Å². The predicted molar refractivity (Wildman–Crippen MR) is 170 cm³/mol. The monoisotopic (exact) mass is 637 g/mol. The van der Waals surface area contributed by atoms with E-state index in [9.17, 15) is 18.0 Å². The van der Waals surface area contributed by atoms with Crippen molar-refractivity contribution in [1.82, 2.24) is 20.2 Å². The summed E-state index contributed by atoms with van der Waals surface area (Å²) in [5, 5.41) is 3.39. The van der Waals surface area contributed by atoms with Crippen molar-refractivity contribution in [2.75, 3.05) is 50.8 Å². The Hall–Kier alpha value is -3.86. The molecule has 1 amide bonds. The highest BCUT2D eigenvalue weighted by atomic mass is 19.4. The Balaban J connectivity index is 1.42. The zero-order valence-electron chi connectivity index (χ0n) is 26.7. The number of piperidine rings is 1. The molecular weight excluding hydrogens is 595 g/mol. The molecule has 11 heteroatoms. The zero-order chi connectivity index (χ0) is 32.5. The van der Waals surface area contributed by atoms with Crippen LogP contribution in [0.15, 0.2) is 48.7 Å². The largest absolute Gasteiger partial charge is 0.493 e. The van der Waals surface area contributed by atoms with Gasteiger partial charge in [0.25, 0.3) is 5.91 Å². The highest BCUT2D eigenvalue weighted by molar-refractivity contribution is 5.96. The normalized spacial score (nSPS) is 23.1. The molecule has 3 aliphatic rings. The van der Waals surface area contributed by atoms with Gasteiger partial charge in [-0.25, -0.2) is 9.97 Å². The molecule has 1 N–H and O–H groups in total. The number of anilines is 1. The Kier molecular flexibility index (Phi) is 9.14. The lowest BCUT2D eigenvalue weighted by Gasteiger charge is -2.54. The summed E-state index contributed by atoms with van der Waals surface area (Å²) in [7, 11) is 0. The number of carbonyl (C=O) groups is 1. The van der Waals surface area contributed by atoms with Crippen LogP contribution in [0.5, 0.6) is 11.6 Å². The van der Waals surface area contributed by atoms with Crippen molar-refractivity contribution in [1.29, 1.82) is 0 Å². The first-order valence-corrected chi connectivity index (χ1v) is 16.4. The zero-order valence-corrected chi connectivity index (χ0v) is 26.7. The number of rotatable bonds is 9. The number of hydrogen-bond acceptors (Lipinski definition) is 7. The molecule has 3 aliphatic heterocycles. The lowest BCUT2D eigenvalue weighted by Crippen LogP contribution is -2.61. The third-order valence-electron chi connectivity index (χ3n) is 9.78. The second kappa shape index (κ2) is 13.1. The third-order valence-corrected chi connectivity index (χ3v) is 9.78. The van der Waals surface area contributed by atoms with E-state index in [1.807, 2.05) is 47.9 Å². The lowest BCUT2D eigenvalue weighted by molar-refractivity contribution is -0.138. The van der Waals surface area contributed by atoms with Crippen molar-refractivity contribution in [3.05, 3.63) is 65.5 Å². The second-order valence-electron chi connectivity index (χ2n) is 12.4. The Morgan fingerprint density at radius 3 is 2.65 bits per heavy atom. The molecule has 3 unspecified atom stereocenters. The fourth-order valence-corrected chi connectivity index (χ4v) is 7.58. The van der Waals surface area contributed by atoms with Crippen LogP contribution in [0.1, 0.15) is 68.1 Å². The van der Waals surface area contributed by atoms with Crippen LogP contribution in [-0.2, 0) is 11.6 Å². The summed E-state index contributed by atoms with van der Waals surface area (Å²) in [6.07, 6.45) is -0.140. The van der Waals surface area contributed by atoms with Gasteiger partial charge in [0, 0.05) is 43.8 Å². The summed E-state index contributed by atoms with van der Waals surface area (Å²) in [6, 6.07) is 12.3. The number of ether oxygens (including phenoxy) is 2. The minimum absolute atomic E-state index is 0.0279. The van der Waals surface area contributed by atoms with E-state index in [-0.39, 0.29) is 35.9 Å². The SMILES string of the molecule is CCCOc1cccc(N2CCC3(CN(C4CCNC4)C(=O)c4nc(-c5cccnc5OCC)ccc43)C(CC)C2)c1C(F)(F)F. The van der Waals surface area contributed by atoms with Crippen LogP contribution in [0, 0.1) is 5.92 Å². The molecule has 246 valence electrons. The van der Waals surface area contributed by atoms with E-state index in [4.69, 9.17) is 14.5 Å². The number of benzene rings is 1. The number of alkyl halides is 3. The van der Waals surface area contributed by atoms with Gasteiger partial charge in [0.2, 0.25) is 5.88 Å². The van der Waals surface area contributed by atoms with E-state index in [1.165, 1.54) is 6.07 Å². The molecule has 6 rings (SSSR count). The van der Waals surface area contributed by atoms with E-state index < -0.39 is 17.2 Å². The maximum atomic E-state index is 14.6. The molecule has 1 aromatic carbocycles. The van der Waals surface area contributed by atoms with Crippen molar-refractivity contribution >= 4 is 11.6 Å². The van der Waals surface area contributed by atoms with Crippen LogP contribution in [0.2, 0.25) is 0 Å². The fourth-order valence-electron chi connectivity index (χ4n) is 7.58. The standard InChI is InChI=1S/C35H42F3N5O3/c1-4-19-46-29-11-7-10-28(30(29)35(36,37)38)42-18-15-34(23(5-2)21-42)22-43(24-14-17-39-20-24)33(44)31-26(34)12-13-27(41-31)25-9-8-16-40-32(25)45-6-3/h7-13,16,23-24,39H,4-6,14-15,17-22H2,1-3H3. The molecule has 46 heavy (non-hydrogen) atoms. The highest BCUT2D eigenvalue weighted by Gasteiger charge is 2.52. The number of carbonyl (C=O) groups excluding carboxylic acids is 1. The van der Waals surface area contributed by atoms with E-state index in [0.717, 1.165) is 24.9 Å². The van der Waals surface area contributed by atoms with Gasteiger partial charge in [-0.3, -0.25) is 4.79 Å². The molecular formula is C35H42F3N5O3. The number of nitrogens with one attached hydrogen (secondary N) is 1.